The summed E-state index contributed by atoms with van der Waals surface area (Å²) in [4.78, 5) is 23.8. The quantitative estimate of drug-likeness (QED) is 0.306. The number of carbonyl (C=O) groups is 2. The molecule has 26 heavy (non-hydrogen) atoms. The van der Waals surface area contributed by atoms with Gasteiger partial charge >= 0.3 is 11.9 Å². The molecule has 1 aliphatic carbocycles. The standard InChI is InChI=1S/C21H28O5/c1-12-7-6-8-13(2)19-16(14(3)20(23)25-19)11-18(24-15(4)22)21(5)17(26-21)10-9-12/h7,16-18H,3,6,8-11H2,1-2,4-5H3/b12-7+,19-13+. The normalized spacial score (nSPS) is 40.0. The van der Waals surface area contributed by atoms with Crippen LogP contribution in [-0.2, 0) is 23.8 Å². The Balaban J connectivity index is 1.96. The molecule has 0 radical (unpaired) electrons. The highest BCUT2D eigenvalue weighted by Crippen LogP contribution is 2.48. The number of carbonyl (C=O) groups excluding carboxylic acids is 2. The van der Waals surface area contributed by atoms with Crippen LogP contribution in [0.4, 0.5) is 0 Å². The largest absolute Gasteiger partial charge is 0.459 e. The molecule has 0 N–H and O–H groups in total. The fourth-order valence-electron chi connectivity index (χ4n) is 4.00. The smallest absolute Gasteiger partial charge is 0.339 e. The lowest BCUT2D eigenvalue weighted by molar-refractivity contribution is -0.150. The molecule has 3 rings (SSSR count). The van der Waals surface area contributed by atoms with Crippen LogP contribution in [0.3, 0.4) is 0 Å². The summed E-state index contributed by atoms with van der Waals surface area (Å²) in [5.41, 5.74) is 2.28. The fourth-order valence-corrected chi connectivity index (χ4v) is 4.00. The van der Waals surface area contributed by atoms with Crippen molar-refractivity contribution in [3.8, 4) is 0 Å². The second kappa shape index (κ2) is 7.03. The summed E-state index contributed by atoms with van der Waals surface area (Å²) in [5, 5.41) is 0. The summed E-state index contributed by atoms with van der Waals surface area (Å²) in [5.74, 6) is -0.324. The molecule has 4 atom stereocenters. The minimum absolute atomic E-state index is 0.0516. The molecule has 2 fully saturated rings. The van der Waals surface area contributed by atoms with E-state index in [1.807, 2.05) is 13.8 Å². The van der Waals surface area contributed by atoms with Crippen LogP contribution in [0.15, 0.2) is 35.1 Å². The van der Waals surface area contributed by atoms with E-state index < -0.39 is 11.7 Å². The molecule has 2 aliphatic heterocycles. The molecule has 5 nitrogen and oxygen atoms in total. The van der Waals surface area contributed by atoms with E-state index in [2.05, 4.69) is 19.6 Å². The molecule has 2 heterocycles. The van der Waals surface area contributed by atoms with Crippen molar-refractivity contribution in [3.63, 3.8) is 0 Å². The van der Waals surface area contributed by atoms with Crippen molar-refractivity contribution < 1.29 is 23.8 Å². The zero-order chi connectivity index (χ0) is 19.1. The van der Waals surface area contributed by atoms with E-state index in [9.17, 15) is 9.59 Å². The molecular weight excluding hydrogens is 332 g/mol. The molecule has 0 saturated carbocycles. The Labute approximate surface area is 155 Å². The van der Waals surface area contributed by atoms with Gasteiger partial charge in [-0.2, -0.15) is 0 Å². The van der Waals surface area contributed by atoms with Crippen molar-refractivity contribution in [1.29, 1.82) is 0 Å². The molecule has 3 aliphatic rings. The lowest BCUT2D eigenvalue weighted by Gasteiger charge is -2.25. The minimum atomic E-state index is -0.523. The summed E-state index contributed by atoms with van der Waals surface area (Å²) >= 11 is 0. The minimum Gasteiger partial charge on any atom is -0.459 e. The van der Waals surface area contributed by atoms with Crippen LogP contribution in [0, 0.1) is 5.92 Å². The van der Waals surface area contributed by atoms with Gasteiger partial charge in [-0.05, 0) is 52.0 Å². The second-order valence-corrected chi connectivity index (χ2v) is 7.86. The van der Waals surface area contributed by atoms with Gasteiger partial charge in [-0.1, -0.05) is 18.2 Å². The van der Waals surface area contributed by atoms with Gasteiger partial charge in [-0.25, -0.2) is 4.79 Å². The molecule has 0 amide bonds. The molecular formula is C21H28O5. The first-order valence-corrected chi connectivity index (χ1v) is 9.33. The predicted molar refractivity (Wildman–Crippen MR) is 97.1 cm³/mol. The maximum Gasteiger partial charge on any atom is 0.339 e. The maximum atomic E-state index is 12.1. The van der Waals surface area contributed by atoms with Gasteiger partial charge in [0.1, 0.15) is 17.5 Å². The topological polar surface area (TPSA) is 65.1 Å². The molecule has 0 bridgehead atoms. The van der Waals surface area contributed by atoms with E-state index in [1.54, 1.807) is 0 Å². The van der Waals surface area contributed by atoms with Crippen molar-refractivity contribution in [1.82, 2.24) is 0 Å². The number of esters is 2. The molecule has 0 spiro atoms. The van der Waals surface area contributed by atoms with Gasteiger partial charge in [0.15, 0.2) is 0 Å². The van der Waals surface area contributed by atoms with E-state index in [4.69, 9.17) is 14.2 Å². The third-order valence-electron chi connectivity index (χ3n) is 5.81. The molecule has 0 aromatic rings. The van der Waals surface area contributed by atoms with Crippen LogP contribution < -0.4 is 0 Å². The number of rotatable bonds is 1. The van der Waals surface area contributed by atoms with Crippen molar-refractivity contribution >= 4 is 11.9 Å². The van der Waals surface area contributed by atoms with Crippen LogP contribution in [0.2, 0.25) is 0 Å². The maximum absolute atomic E-state index is 12.1. The lowest BCUT2D eigenvalue weighted by atomic mass is 9.85. The molecule has 4 unspecified atom stereocenters. The van der Waals surface area contributed by atoms with Crippen LogP contribution in [0.25, 0.3) is 0 Å². The Morgan fingerprint density at radius 2 is 2.08 bits per heavy atom. The van der Waals surface area contributed by atoms with Crippen LogP contribution in [-0.4, -0.2) is 29.7 Å². The molecule has 0 aromatic carbocycles. The molecule has 0 aromatic heterocycles. The third kappa shape index (κ3) is 3.63. The highest BCUT2D eigenvalue weighted by Gasteiger charge is 2.59. The van der Waals surface area contributed by atoms with Gasteiger partial charge in [-0.15, -0.1) is 0 Å². The zero-order valence-corrected chi connectivity index (χ0v) is 16.1. The molecule has 142 valence electrons. The van der Waals surface area contributed by atoms with E-state index in [0.29, 0.717) is 17.8 Å². The lowest BCUT2D eigenvalue weighted by Crippen LogP contribution is -2.35. The van der Waals surface area contributed by atoms with E-state index in [1.165, 1.54) is 12.5 Å². The Morgan fingerprint density at radius 3 is 2.77 bits per heavy atom. The van der Waals surface area contributed by atoms with Gasteiger partial charge in [0.2, 0.25) is 0 Å². The van der Waals surface area contributed by atoms with Gasteiger partial charge in [0.05, 0.1) is 12.0 Å². The first-order valence-electron chi connectivity index (χ1n) is 9.33. The summed E-state index contributed by atoms with van der Waals surface area (Å²) < 4.78 is 17.1. The van der Waals surface area contributed by atoms with Crippen molar-refractivity contribution in [2.24, 2.45) is 5.92 Å². The van der Waals surface area contributed by atoms with Crippen molar-refractivity contribution in [2.45, 2.75) is 77.6 Å². The van der Waals surface area contributed by atoms with Crippen molar-refractivity contribution in [3.05, 3.63) is 35.1 Å². The SMILES string of the molecule is C=C1C(=O)O/C2=C(\C)CC/C=C(\C)CCC3OC3(C)C(OC(C)=O)CC12. The first kappa shape index (κ1) is 18.9. The number of allylic oxidation sites excluding steroid dienone is 4. The predicted octanol–water partition coefficient (Wildman–Crippen LogP) is 3.99. The van der Waals surface area contributed by atoms with E-state index >= 15 is 0 Å². The summed E-state index contributed by atoms with van der Waals surface area (Å²) in [6.45, 7) is 11.4. The Kier molecular flexibility index (Phi) is 5.11. The average molecular weight is 360 g/mol. The van der Waals surface area contributed by atoms with Crippen LogP contribution in [0.1, 0.15) is 59.8 Å². The number of hydrogen-bond donors (Lipinski definition) is 0. The number of hydrogen-bond acceptors (Lipinski definition) is 5. The average Bonchev–Trinajstić information content (AvgIpc) is 3.15. The van der Waals surface area contributed by atoms with Gasteiger partial charge in [0.25, 0.3) is 0 Å². The van der Waals surface area contributed by atoms with E-state index in [-0.39, 0.29) is 24.0 Å². The summed E-state index contributed by atoms with van der Waals surface area (Å²) in [7, 11) is 0. The molecule has 5 heteroatoms. The second-order valence-electron chi connectivity index (χ2n) is 7.86. The summed E-state index contributed by atoms with van der Waals surface area (Å²) in [6.07, 6.45) is 5.92. The Bertz CT molecular complexity index is 701. The highest BCUT2D eigenvalue weighted by molar-refractivity contribution is 5.92. The Hall–Kier alpha value is -1.88. The van der Waals surface area contributed by atoms with Crippen LogP contribution >= 0.6 is 0 Å². The fraction of sp³-hybridized carbons (Fsp3) is 0.619. The van der Waals surface area contributed by atoms with E-state index in [0.717, 1.165) is 31.3 Å². The number of fused-ring (bicyclic) bond motifs is 2. The third-order valence-corrected chi connectivity index (χ3v) is 5.81. The van der Waals surface area contributed by atoms with Crippen molar-refractivity contribution in [2.75, 3.05) is 0 Å². The van der Waals surface area contributed by atoms with Gasteiger partial charge < -0.3 is 14.2 Å². The monoisotopic (exact) mass is 360 g/mol. The van der Waals surface area contributed by atoms with Crippen LogP contribution in [0.5, 0.6) is 0 Å². The van der Waals surface area contributed by atoms with Gasteiger partial charge in [-0.3, -0.25) is 4.79 Å². The zero-order valence-electron chi connectivity index (χ0n) is 16.1. The number of ether oxygens (including phenoxy) is 3. The Morgan fingerprint density at radius 1 is 1.35 bits per heavy atom. The molecule has 2 saturated heterocycles. The summed E-state index contributed by atoms with van der Waals surface area (Å²) in [6, 6.07) is 0. The highest BCUT2D eigenvalue weighted by atomic mass is 16.6. The first-order chi connectivity index (χ1) is 12.2. The van der Waals surface area contributed by atoms with Gasteiger partial charge in [0, 0.05) is 18.9 Å². The number of epoxide rings is 1.